The van der Waals surface area contributed by atoms with E-state index >= 15 is 0 Å². The van der Waals surface area contributed by atoms with E-state index in [9.17, 15) is 27.6 Å². The van der Waals surface area contributed by atoms with Crippen LogP contribution in [0, 0.1) is 0 Å². The minimum absolute atomic E-state index is 0.0878. The molecule has 34 heavy (non-hydrogen) atoms. The number of esters is 1. The Hall–Kier alpha value is -3.73. The van der Waals surface area contributed by atoms with Crippen molar-refractivity contribution in [2.45, 2.75) is 31.7 Å². The average molecular weight is 491 g/mol. The number of amides is 2. The molecule has 2 N–H and O–H groups in total. The number of halogens is 3. The second-order valence-corrected chi connectivity index (χ2v) is 8.20. The van der Waals surface area contributed by atoms with Gasteiger partial charge in [0, 0.05) is 11.9 Å². The van der Waals surface area contributed by atoms with E-state index < -0.39 is 30.2 Å². The Labute approximate surface area is 197 Å². The molecule has 2 amide bonds. The summed E-state index contributed by atoms with van der Waals surface area (Å²) in [6.07, 6.45) is -3.48. The lowest BCUT2D eigenvalue weighted by molar-refractivity contribution is -0.201. The van der Waals surface area contributed by atoms with Gasteiger partial charge in [0.25, 0.3) is 5.91 Å². The Balaban J connectivity index is 1.71. The Morgan fingerprint density at radius 3 is 2.35 bits per heavy atom. The predicted octanol–water partition coefficient (Wildman–Crippen LogP) is 3.96. The SMILES string of the molecule is C[C@](NC(=O)Cc1ccsc1)(C(=O)Nc1ccc(COC(=O)C(F)(F)F)cc1)c1ccccn1. The summed E-state index contributed by atoms with van der Waals surface area (Å²) in [5.74, 6) is -3.22. The number of alkyl halides is 3. The molecule has 0 bridgehead atoms. The van der Waals surface area contributed by atoms with Gasteiger partial charge in [-0.1, -0.05) is 18.2 Å². The molecule has 3 rings (SSSR count). The number of hydrogen-bond donors (Lipinski definition) is 2. The number of carbonyl (C=O) groups excluding carboxylic acids is 3. The van der Waals surface area contributed by atoms with Crippen molar-refractivity contribution in [1.82, 2.24) is 10.3 Å². The molecule has 11 heteroatoms. The molecule has 0 aliphatic heterocycles. The smallest absolute Gasteiger partial charge is 0.454 e. The van der Waals surface area contributed by atoms with Crippen molar-refractivity contribution in [2.24, 2.45) is 0 Å². The number of pyridine rings is 1. The molecular weight excluding hydrogens is 471 g/mol. The van der Waals surface area contributed by atoms with Crippen molar-refractivity contribution in [2.75, 3.05) is 5.32 Å². The van der Waals surface area contributed by atoms with Crippen LogP contribution in [-0.4, -0.2) is 28.9 Å². The molecule has 0 aliphatic rings. The van der Waals surface area contributed by atoms with Crippen molar-refractivity contribution in [3.63, 3.8) is 0 Å². The van der Waals surface area contributed by atoms with Crippen LogP contribution in [0.15, 0.2) is 65.5 Å². The van der Waals surface area contributed by atoms with Crippen LogP contribution in [0.2, 0.25) is 0 Å². The van der Waals surface area contributed by atoms with Gasteiger partial charge in [0.1, 0.15) is 6.61 Å². The molecule has 0 spiro atoms. The molecular formula is C23H20F3N3O4S. The molecule has 2 aromatic heterocycles. The topological polar surface area (TPSA) is 97.4 Å². The van der Waals surface area contributed by atoms with E-state index in [1.54, 1.807) is 18.2 Å². The number of nitrogens with one attached hydrogen (secondary N) is 2. The van der Waals surface area contributed by atoms with Gasteiger partial charge in [-0.25, -0.2) is 4.79 Å². The number of rotatable bonds is 8. The summed E-state index contributed by atoms with van der Waals surface area (Å²) in [6.45, 7) is 0.956. The summed E-state index contributed by atoms with van der Waals surface area (Å²) in [5.41, 5.74) is 0.252. The molecule has 0 fully saturated rings. The van der Waals surface area contributed by atoms with Gasteiger partial charge >= 0.3 is 12.1 Å². The maximum atomic E-state index is 13.2. The standard InChI is InChI=1S/C23H20F3N3O4S/c1-22(18-4-2-3-10-27-18,29-19(30)12-16-9-11-34-14-16)20(31)28-17-7-5-15(6-8-17)13-33-21(32)23(24,25)26/h2-11,14H,12-13H2,1H3,(H,28,31)(H,29,30)/t22-/m1/s1. The van der Waals surface area contributed by atoms with E-state index in [1.807, 2.05) is 16.8 Å². The van der Waals surface area contributed by atoms with E-state index in [0.29, 0.717) is 16.9 Å². The van der Waals surface area contributed by atoms with E-state index in [0.717, 1.165) is 5.56 Å². The van der Waals surface area contributed by atoms with Crippen LogP contribution in [-0.2, 0) is 37.7 Å². The molecule has 0 saturated heterocycles. The Morgan fingerprint density at radius 1 is 1.03 bits per heavy atom. The number of ether oxygens (including phenoxy) is 1. The normalized spacial score (nSPS) is 12.9. The summed E-state index contributed by atoms with van der Waals surface area (Å²) in [4.78, 5) is 41.0. The molecule has 3 aromatic rings. The van der Waals surface area contributed by atoms with Gasteiger partial charge in [-0.15, -0.1) is 0 Å². The van der Waals surface area contributed by atoms with Crippen LogP contribution in [0.4, 0.5) is 18.9 Å². The number of aromatic nitrogens is 1. The molecule has 0 radical (unpaired) electrons. The van der Waals surface area contributed by atoms with Crippen LogP contribution in [0.3, 0.4) is 0 Å². The first-order valence-corrected chi connectivity index (χ1v) is 10.9. The van der Waals surface area contributed by atoms with Crippen LogP contribution >= 0.6 is 11.3 Å². The van der Waals surface area contributed by atoms with Gasteiger partial charge in [-0.05, 0) is 59.1 Å². The second-order valence-electron chi connectivity index (χ2n) is 7.42. The van der Waals surface area contributed by atoms with Crippen LogP contribution in [0.1, 0.15) is 23.7 Å². The summed E-state index contributed by atoms with van der Waals surface area (Å²) in [7, 11) is 0. The average Bonchev–Trinajstić information content (AvgIpc) is 3.31. The van der Waals surface area contributed by atoms with Gasteiger partial charge in [0.05, 0.1) is 12.1 Å². The largest absolute Gasteiger partial charge is 0.490 e. The van der Waals surface area contributed by atoms with Gasteiger partial charge in [-0.2, -0.15) is 24.5 Å². The molecule has 1 aromatic carbocycles. The summed E-state index contributed by atoms with van der Waals surface area (Å²) in [5, 5.41) is 9.12. The van der Waals surface area contributed by atoms with Gasteiger partial charge in [0.15, 0.2) is 5.54 Å². The van der Waals surface area contributed by atoms with E-state index in [-0.39, 0.29) is 12.3 Å². The van der Waals surface area contributed by atoms with E-state index in [1.165, 1.54) is 48.7 Å². The number of carbonyl (C=O) groups is 3. The molecule has 0 unspecified atom stereocenters. The first-order valence-electron chi connectivity index (χ1n) is 9.96. The first-order chi connectivity index (χ1) is 16.1. The fraction of sp³-hybridized carbons (Fsp3) is 0.217. The van der Waals surface area contributed by atoms with Gasteiger partial charge < -0.3 is 15.4 Å². The third-order valence-electron chi connectivity index (χ3n) is 4.78. The third kappa shape index (κ3) is 6.41. The zero-order valence-corrected chi connectivity index (χ0v) is 18.7. The van der Waals surface area contributed by atoms with Crippen molar-refractivity contribution >= 4 is 34.8 Å². The quantitative estimate of drug-likeness (QED) is 0.465. The number of anilines is 1. The Bertz CT molecular complexity index is 1140. The highest BCUT2D eigenvalue weighted by atomic mass is 32.1. The lowest BCUT2D eigenvalue weighted by Gasteiger charge is -2.29. The van der Waals surface area contributed by atoms with Crippen LogP contribution in [0.25, 0.3) is 0 Å². The zero-order chi connectivity index (χ0) is 24.8. The van der Waals surface area contributed by atoms with Crippen molar-refractivity contribution in [3.05, 3.63) is 82.3 Å². The van der Waals surface area contributed by atoms with Crippen molar-refractivity contribution in [3.8, 4) is 0 Å². The summed E-state index contributed by atoms with van der Waals surface area (Å²) < 4.78 is 41.0. The monoisotopic (exact) mass is 491 g/mol. The van der Waals surface area contributed by atoms with Gasteiger partial charge in [-0.3, -0.25) is 14.6 Å². The maximum absolute atomic E-state index is 13.2. The molecule has 1 atom stereocenters. The lowest BCUT2D eigenvalue weighted by Crippen LogP contribution is -2.53. The molecule has 2 heterocycles. The maximum Gasteiger partial charge on any atom is 0.490 e. The Morgan fingerprint density at radius 2 is 1.76 bits per heavy atom. The highest BCUT2D eigenvalue weighted by Crippen LogP contribution is 2.23. The summed E-state index contributed by atoms with van der Waals surface area (Å²) >= 11 is 1.46. The highest BCUT2D eigenvalue weighted by molar-refractivity contribution is 7.08. The minimum Gasteiger partial charge on any atom is -0.454 e. The van der Waals surface area contributed by atoms with Crippen molar-refractivity contribution in [1.29, 1.82) is 0 Å². The van der Waals surface area contributed by atoms with Crippen LogP contribution < -0.4 is 10.6 Å². The molecule has 178 valence electrons. The number of nitrogens with zero attached hydrogens (tertiary/aromatic N) is 1. The number of hydrogen-bond acceptors (Lipinski definition) is 6. The van der Waals surface area contributed by atoms with Crippen molar-refractivity contribution < 1.29 is 32.3 Å². The fourth-order valence-corrected chi connectivity index (χ4v) is 3.64. The summed E-state index contributed by atoms with van der Waals surface area (Å²) in [6, 6.07) is 12.5. The number of thiophene rings is 1. The first kappa shape index (κ1) is 24.9. The fourth-order valence-electron chi connectivity index (χ4n) is 2.97. The van der Waals surface area contributed by atoms with E-state index in [2.05, 4.69) is 20.4 Å². The van der Waals surface area contributed by atoms with Crippen LogP contribution in [0.5, 0.6) is 0 Å². The van der Waals surface area contributed by atoms with E-state index in [4.69, 9.17) is 0 Å². The third-order valence-corrected chi connectivity index (χ3v) is 5.51. The lowest BCUT2D eigenvalue weighted by atomic mass is 9.94. The molecule has 0 saturated carbocycles. The molecule has 0 aliphatic carbocycles. The number of benzene rings is 1. The Kier molecular flexibility index (Phi) is 7.67. The minimum atomic E-state index is -5.07. The molecule has 7 nitrogen and oxygen atoms in total. The van der Waals surface area contributed by atoms with Gasteiger partial charge in [0.2, 0.25) is 5.91 Å². The predicted molar refractivity (Wildman–Crippen MR) is 119 cm³/mol. The second kappa shape index (κ2) is 10.5. The highest BCUT2D eigenvalue weighted by Gasteiger charge is 2.41. The zero-order valence-electron chi connectivity index (χ0n) is 17.9.